The van der Waals surface area contributed by atoms with Gasteiger partial charge in [-0.25, -0.2) is 0 Å². The average Bonchev–Trinajstić information content (AvgIpc) is 2.83. The minimum Gasteiger partial charge on any atom is -0.391 e. The fourth-order valence-electron chi connectivity index (χ4n) is 2.61. The molecule has 0 aliphatic carbocycles. The highest BCUT2D eigenvalue weighted by Gasteiger charge is 2.22. The van der Waals surface area contributed by atoms with E-state index >= 15 is 0 Å². The number of aryl methyl sites for hydroxylation is 3. The number of rotatable bonds is 4. The SMILES string of the molecule is Cc1ccc(C)c(CCC(O)C2CCCN2)c1. The first-order valence-corrected chi connectivity index (χ1v) is 6.64. The van der Waals surface area contributed by atoms with Crippen LogP contribution < -0.4 is 5.32 Å². The summed E-state index contributed by atoms with van der Waals surface area (Å²) in [6, 6.07) is 6.88. The van der Waals surface area contributed by atoms with Crippen LogP contribution in [0, 0.1) is 13.8 Å². The van der Waals surface area contributed by atoms with Crippen molar-refractivity contribution in [3.63, 3.8) is 0 Å². The molecule has 1 saturated heterocycles. The van der Waals surface area contributed by atoms with Crippen molar-refractivity contribution < 1.29 is 5.11 Å². The van der Waals surface area contributed by atoms with Gasteiger partial charge < -0.3 is 10.4 Å². The van der Waals surface area contributed by atoms with Crippen LogP contribution in [-0.4, -0.2) is 23.8 Å². The first-order chi connectivity index (χ1) is 8.16. The van der Waals surface area contributed by atoms with Gasteiger partial charge >= 0.3 is 0 Å². The van der Waals surface area contributed by atoms with Crippen molar-refractivity contribution in [2.45, 2.75) is 51.7 Å². The van der Waals surface area contributed by atoms with Gasteiger partial charge in [-0.15, -0.1) is 0 Å². The first kappa shape index (κ1) is 12.6. The van der Waals surface area contributed by atoms with E-state index in [1.165, 1.54) is 23.1 Å². The largest absolute Gasteiger partial charge is 0.391 e. The zero-order valence-electron chi connectivity index (χ0n) is 10.9. The summed E-state index contributed by atoms with van der Waals surface area (Å²) >= 11 is 0. The van der Waals surface area contributed by atoms with Crippen molar-refractivity contribution in [3.8, 4) is 0 Å². The molecule has 0 amide bonds. The lowest BCUT2D eigenvalue weighted by molar-refractivity contribution is 0.127. The Morgan fingerprint density at radius 1 is 1.41 bits per heavy atom. The summed E-state index contributed by atoms with van der Waals surface area (Å²) in [6.07, 6.45) is 3.96. The van der Waals surface area contributed by atoms with Crippen molar-refractivity contribution in [1.29, 1.82) is 0 Å². The van der Waals surface area contributed by atoms with Crippen LogP contribution >= 0.6 is 0 Å². The van der Waals surface area contributed by atoms with E-state index in [1.807, 2.05) is 0 Å². The average molecular weight is 233 g/mol. The van der Waals surface area contributed by atoms with E-state index in [9.17, 15) is 5.11 Å². The Balaban J connectivity index is 1.90. The molecule has 1 aromatic carbocycles. The molecule has 0 spiro atoms. The van der Waals surface area contributed by atoms with Gasteiger partial charge in [0.05, 0.1) is 6.10 Å². The lowest BCUT2D eigenvalue weighted by Crippen LogP contribution is -2.34. The second-order valence-electron chi connectivity index (χ2n) is 5.24. The Morgan fingerprint density at radius 2 is 2.24 bits per heavy atom. The van der Waals surface area contributed by atoms with Crippen molar-refractivity contribution in [2.75, 3.05) is 6.54 Å². The Bertz CT molecular complexity index is 369. The van der Waals surface area contributed by atoms with E-state index < -0.39 is 0 Å². The van der Waals surface area contributed by atoms with Crippen molar-refractivity contribution in [2.24, 2.45) is 0 Å². The van der Waals surface area contributed by atoms with Crippen LogP contribution in [0.15, 0.2) is 18.2 Å². The van der Waals surface area contributed by atoms with Gasteiger partial charge in [0.15, 0.2) is 0 Å². The number of hydrogen-bond donors (Lipinski definition) is 2. The van der Waals surface area contributed by atoms with E-state index in [-0.39, 0.29) is 6.10 Å². The Hall–Kier alpha value is -0.860. The zero-order chi connectivity index (χ0) is 12.3. The predicted molar refractivity (Wildman–Crippen MR) is 71.3 cm³/mol. The van der Waals surface area contributed by atoms with Crippen LogP contribution in [0.3, 0.4) is 0 Å². The fraction of sp³-hybridized carbons (Fsp3) is 0.600. The first-order valence-electron chi connectivity index (χ1n) is 6.64. The second-order valence-corrected chi connectivity index (χ2v) is 5.24. The number of benzene rings is 1. The number of aliphatic hydroxyl groups is 1. The molecule has 0 aromatic heterocycles. The summed E-state index contributed by atoms with van der Waals surface area (Å²) in [5.41, 5.74) is 4.02. The molecule has 1 aromatic rings. The zero-order valence-corrected chi connectivity index (χ0v) is 10.9. The molecule has 94 valence electrons. The topological polar surface area (TPSA) is 32.3 Å². The lowest BCUT2D eigenvalue weighted by atomic mass is 9.97. The summed E-state index contributed by atoms with van der Waals surface area (Å²) in [6.45, 7) is 5.33. The van der Waals surface area contributed by atoms with Gasteiger partial charge in [0, 0.05) is 6.04 Å². The monoisotopic (exact) mass is 233 g/mol. The molecule has 0 radical (unpaired) electrons. The maximum Gasteiger partial charge on any atom is 0.0696 e. The van der Waals surface area contributed by atoms with Crippen LogP contribution in [0.25, 0.3) is 0 Å². The van der Waals surface area contributed by atoms with Gasteiger partial charge in [0.2, 0.25) is 0 Å². The lowest BCUT2D eigenvalue weighted by Gasteiger charge is -2.18. The van der Waals surface area contributed by atoms with Crippen LogP contribution in [0.1, 0.15) is 36.0 Å². The van der Waals surface area contributed by atoms with Crippen LogP contribution in [-0.2, 0) is 6.42 Å². The third-order valence-electron chi connectivity index (χ3n) is 3.78. The van der Waals surface area contributed by atoms with Crippen LogP contribution in [0.5, 0.6) is 0 Å². The molecule has 0 saturated carbocycles. The van der Waals surface area contributed by atoms with Gasteiger partial charge in [0.25, 0.3) is 0 Å². The maximum absolute atomic E-state index is 10.1. The molecule has 2 unspecified atom stereocenters. The number of aliphatic hydroxyl groups excluding tert-OH is 1. The highest BCUT2D eigenvalue weighted by Crippen LogP contribution is 2.17. The van der Waals surface area contributed by atoms with E-state index in [1.54, 1.807) is 0 Å². The smallest absolute Gasteiger partial charge is 0.0696 e. The Kier molecular flexibility index (Phi) is 4.19. The van der Waals surface area contributed by atoms with Crippen molar-refractivity contribution >= 4 is 0 Å². The minimum atomic E-state index is -0.197. The van der Waals surface area contributed by atoms with E-state index in [2.05, 4.69) is 37.4 Å². The highest BCUT2D eigenvalue weighted by atomic mass is 16.3. The summed E-state index contributed by atoms with van der Waals surface area (Å²) in [7, 11) is 0. The van der Waals surface area contributed by atoms with Gasteiger partial charge in [0.1, 0.15) is 0 Å². The molecule has 1 heterocycles. The molecule has 1 aliphatic heterocycles. The molecule has 2 nitrogen and oxygen atoms in total. The summed E-state index contributed by atoms with van der Waals surface area (Å²) in [5.74, 6) is 0. The van der Waals surface area contributed by atoms with Crippen molar-refractivity contribution in [1.82, 2.24) is 5.32 Å². The van der Waals surface area contributed by atoms with Crippen molar-refractivity contribution in [3.05, 3.63) is 34.9 Å². The predicted octanol–water partition coefficient (Wildman–Crippen LogP) is 2.35. The van der Waals surface area contributed by atoms with E-state index in [4.69, 9.17) is 0 Å². The molecule has 1 aliphatic rings. The fourth-order valence-corrected chi connectivity index (χ4v) is 2.61. The molecule has 0 bridgehead atoms. The molecule has 2 heteroatoms. The maximum atomic E-state index is 10.1. The van der Waals surface area contributed by atoms with Crippen LogP contribution in [0.4, 0.5) is 0 Å². The van der Waals surface area contributed by atoms with E-state index in [0.29, 0.717) is 6.04 Å². The molecular weight excluding hydrogens is 210 g/mol. The molecule has 2 N–H and O–H groups in total. The molecule has 2 atom stereocenters. The summed E-state index contributed by atoms with van der Waals surface area (Å²) in [4.78, 5) is 0. The summed E-state index contributed by atoms with van der Waals surface area (Å²) in [5, 5.41) is 13.5. The number of nitrogens with one attached hydrogen (secondary N) is 1. The standard InChI is InChI=1S/C15H23NO/c1-11-5-6-12(2)13(10-11)7-8-15(17)14-4-3-9-16-14/h5-6,10,14-17H,3-4,7-9H2,1-2H3. The molecular formula is C15H23NO. The second kappa shape index (κ2) is 5.65. The quantitative estimate of drug-likeness (QED) is 0.836. The minimum absolute atomic E-state index is 0.197. The highest BCUT2D eigenvalue weighted by molar-refractivity contribution is 5.30. The Morgan fingerprint density at radius 3 is 2.94 bits per heavy atom. The van der Waals surface area contributed by atoms with Crippen LogP contribution in [0.2, 0.25) is 0 Å². The third kappa shape index (κ3) is 3.30. The van der Waals surface area contributed by atoms with E-state index in [0.717, 1.165) is 25.8 Å². The number of hydrogen-bond acceptors (Lipinski definition) is 2. The summed E-state index contributed by atoms with van der Waals surface area (Å²) < 4.78 is 0. The van der Waals surface area contributed by atoms with Gasteiger partial charge in [-0.2, -0.15) is 0 Å². The van der Waals surface area contributed by atoms with Gasteiger partial charge in [-0.3, -0.25) is 0 Å². The normalized spacial score (nSPS) is 21.7. The van der Waals surface area contributed by atoms with Gasteiger partial charge in [-0.05, 0) is 57.2 Å². The third-order valence-corrected chi connectivity index (χ3v) is 3.78. The molecule has 1 fully saturated rings. The molecule has 17 heavy (non-hydrogen) atoms. The van der Waals surface area contributed by atoms with Gasteiger partial charge in [-0.1, -0.05) is 23.8 Å². The molecule has 2 rings (SSSR count). The Labute approximate surface area is 104 Å².